The van der Waals surface area contributed by atoms with Crippen molar-refractivity contribution in [3.05, 3.63) is 60.2 Å². The lowest BCUT2D eigenvalue weighted by Crippen LogP contribution is -2.46. The summed E-state index contributed by atoms with van der Waals surface area (Å²) in [5.74, 6) is -2.34. The first-order chi connectivity index (χ1) is 18.0. The summed E-state index contributed by atoms with van der Waals surface area (Å²) < 4.78 is 59.1. The van der Waals surface area contributed by atoms with Gasteiger partial charge in [0.15, 0.2) is 6.10 Å². The Morgan fingerprint density at radius 3 is 2.42 bits per heavy atom. The standard InChI is InChI=1S/C25H28N4O7S2/c1-17-9-11-21(12-10-17)38(34,35)36-23(24(30)28-37(32,33)20-7-3-2-4-8-20)18-14-22(27-16-18)25(31)29-13-5-6-19(29)15-26/h2-4,7-12,18-19,22-23,27H,5-6,13-14,16H2,1H3,(H,28,30)/t18-,19+,22+,23?/m1/s1. The van der Waals surface area contributed by atoms with Gasteiger partial charge in [-0.2, -0.15) is 13.7 Å². The molecule has 13 heteroatoms. The molecule has 0 aromatic heterocycles. The molecule has 1 unspecified atom stereocenters. The van der Waals surface area contributed by atoms with E-state index in [0.717, 1.165) is 5.56 Å². The molecule has 2 N–H and O–H groups in total. The van der Waals surface area contributed by atoms with Crippen molar-refractivity contribution in [2.24, 2.45) is 5.92 Å². The number of benzene rings is 2. The van der Waals surface area contributed by atoms with E-state index in [1.165, 1.54) is 41.3 Å². The Balaban J connectivity index is 1.58. The summed E-state index contributed by atoms with van der Waals surface area (Å²) in [5.41, 5.74) is 0.811. The molecule has 2 fully saturated rings. The molecule has 0 bridgehead atoms. The summed E-state index contributed by atoms with van der Waals surface area (Å²) in [6.07, 6.45) is -0.463. The predicted molar refractivity (Wildman–Crippen MR) is 135 cm³/mol. The van der Waals surface area contributed by atoms with E-state index in [9.17, 15) is 31.7 Å². The normalized spacial score (nSPS) is 22.5. The fraction of sp³-hybridized carbons (Fsp3) is 0.400. The summed E-state index contributed by atoms with van der Waals surface area (Å²) in [6.45, 7) is 2.23. The maximum atomic E-state index is 13.3. The quantitative estimate of drug-likeness (QED) is 0.450. The van der Waals surface area contributed by atoms with Crippen LogP contribution in [0.2, 0.25) is 0 Å². The zero-order chi connectivity index (χ0) is 27.5. The smallest absolute Gasteiger partial charge is 0.297 e. The van der Waals surface area contributed by atoms with Gasteiger partial charge in [0.1, 0.15) is 6.04 Å². The van der Waals surface area contributed by atoms with E-state index in [2.05, 4.69) is 11.4 Å². The largest absolute Gasteiger partial charge is 0.325 e. The Morgan fingerprint density at radius 1 is 1.08 bits per heavy atom. The molecule has 11 nitrogen and oxygen atoms in total. The Hall–Kier alpha value is -3.31. The second-order valence-corrected chi connectivity index (χ2v) is 12.6. The molecule has 0 spiro atoms. The SMILES string of the molecule is Cc1ccc(S(=O)(=O)OC(C(=O)NS(=O)(=O)c2ccccc2)[C@H]2CN[C@H](C(=O)N3CCC[C@H]3C#N)C2)cc1. The molecule has 4 rings (SSSR count). The zero-order valence-electron chi connectivity index (χ0n) is 20.6. The fourth-order valence-electron chi connectivity index (χ4n) is 4.63. The molecule has 202 valence electrons. The first kappa shape index (κ1) is 27.7. The molecule has 2 heterocycles. The monoisotopic (exact) mass is 560 g/mol. The van der Waals surface area contributed by atoms with Crippen molar-refractivity contribution in [3.63, 3.8) is 0 Å². The first-order valence-electron chi connectivity index (χ1n) is 12.1. The van der Waals surface area contributed by atoms with Crippen LogP contribution in [0.1, 0.15) is 24.8 Å². The average Bonchev–Trinajstić information content (AvgIpc) is 3.57. The number of amides is 2. The highest BCUT2D eigenvalue weighted by Gasteiger charge is 2.44. The van der Waals surface area contributed by atoms with Crippen LogP contribution in [0.15, 0.2) is 64.4 Å². The van der Waals surface area contributed by atoms with Crippen molar-refractivity contribution in [2.45, 2.75) is 54.2 Å². The highest BCUT2D eigenvalue weighted by Crippen LogP contribution is 2.28. The van der Waals surface area contributed by atoms with Gasteiger partial charge in [0, 0.05) is 19.0 Å². The number of aryl methyl sites for hydroxylation is 1. The van der Waals surface area contributed by atoms with Gasteiger partial charge in [-0.05, 0) is 50.5 Å². The molecule has 2 aromatic carbocycles. The van der Waals surface area contributed by atoms with Gasteiger partial charge in [0.25, 0.3) is 26.0 Å². The van der Waals surface area contributed by atoms with E-state index in [1.807, 2.05) is 4.72 Å². The predicted octanol–water partition coefficient (Wildman–Crippen LogP) is 1.07. The van der Waals surface area contributed by atoms with Gasteiger partial charge >= 0.3 is 0 Å². The minimum Gasteiger partial charge on any atom is -0.325 e. The number of sulfonamides is 1. The van der Waals surface area contributed by atoms with E-state index in [1.54, 1.807) is 25.1 Å². The van der Waals surface area contributed by atoms with Crippen molar-refractivity contribution in [1.29, 1.82) is 5.26 Å². The van der Waals surface area contributed by atoms with Crippen molar-refractivity contribution >= 4 is 32.0 Å². The average molecular weight is 561 g/mol. The molecule has 0 radical (unpaired) electrons. The van der Waals surface area contributed by atoms with Gasteiger partial charge in [0.05, 0.1) is 21.9 Å². The lowest BCUT2D eigenvalue weighted by Gasteiger charge is -2.24. The van der Waals surface area contributed by atoms with Crippen LogP contribution in [-0.4, -0.2) is 64.8 Å². The number of nitrogens with zero attached hydrogens (tertiary/aromatic N) is 2. The third-order valence-electron chi connectivity index (χ3n) is 6.66. The number of carbonyl (C=O) groups excluding carboxylic acids is 2. The second kappa shape index (κ2) is 11.2. The summed E-state index contributed by atoms with van der Waals surface area (Å²) >= 11 is 0. The summed E-state index contributed by atoms with van der Waals surface area (Å²) in [6, 6.07) is 13.7. The summed E-state index contributed by atoms with van der Waals surface area (Å²) in [7, 11) is -8.79. The summed E-state index contributed by atoms with van der Waals surface area (Å²) in [4.78, 5) is 27.4. The molecule has 0 aliphatic carbocycles. The Labute approximate surface area is 222 Å². The van der Waals surface area contributed by atoms with Crippen LogP contribution in [0, 0.1) is 24.2 Å². The van der Waals surface area contributed by atoms with Crippen LogP contribution in [-0.2, 0) is 33.9 Å². The first-order valence-corrected chi connectivity index (χ1v) is 15.0. The number of likely N-dealkylation sites (tertiary alicyclic amines) is 1. The van der Waals surface area contributed by atoms with Gasteiger partial charge in [-0.1, -0.05) is 35.9 Å². The molecule has 4 atom stereocenters. The van der Waals surface area contributed by atoms with Crippen LogP contribution in [0.5, 0.6) is 0 Å². The topological polar surface area (TPSA) is 163 Å². The second-order valence-electron chi connectivity index (χ2n) is 9.34. The van der Waals surface area contributed by atoms with Crippen molar-refractivity contribution in [3.8, 4) is 6.07 Å². The molecular weight excluding hydrogens is 532 g/mol. The van der Waals surface area contributed by atoms with Crippen LogP contribution in [0.3, 0.4) is 0 Å². The van der Waals surface area contributed by atoms with E-state index >= 15 is 0 Å². The fourth-order valence-corrected chi connectivity index (χ4v) is 6.74. The third-order valence-corrected chi connectivity index (χ3v) is 9.34. The number of nitriles is 1. The van der Waals surface area contributed by atoms with Crippen molar-refractivity contribution in [2.75, 3.05) is 13.1 Å². The maximum Gasteiger partial charge on any atom is 0.297 e. The summed E-state index contributed by atoms with van der Waals surface area (Å²) in [5, 5.41) is 12.3. The molecule has 2 aliphatic rings. The number of carbonyl (C=O) groups is 2. The molecule has 2 aliphatic heterocycles. The number of hydrogen-bond donors (Lipinski definition) is 2. The number of hydrogen-bond acceptors (Lipinski definition) is 9. The molecule has 2 aromatic rings. The van der Waals surface area contributed by atoms with Crippen molar-refractivity contribution in [1.82, 2.24) is 14.9 Å². The van der Waals surface area contributed by atoms with Gasteiger partial charge in [-0.3, -0.25) is 13.8 Å². The van der Waals surface area contributed by atoms with E-state index in [0.29, 0.717) is 19.4 Å². The molecule has 38 heavy (non-hydrogen) atoms. The molecule has 0 saturated carbocycles. The number of rotatable bonds is 8. The van der Waals surface area contributed by atoms with E-state index < -0.39 is 50.2 Å². The minimum absolute atomic E-state index is 0.0143. The maximum absolute atomic E-state index is 13.3. The van der Waals surface area contributed by atoms with Crippen molar-refractivity contribution < 1.29 is 30.6 Å². The van der Waals surface area contributed by atoms with Gasteiger partial charge in [-0.25, -0.2) is 13.1 Å². The highest BCUT2D eigenvalue weighted by molar-refractivity contribution is 7.90. The zero-order valence-corrected chi connectivity index (χ0v) is 22.2. The van der Waals surface area contributed by atoms with Gasteiger partial charge in [0.2, 0.25) is 5.91 Å². The van der Waals surface area contributed by atoms with E-state index in [-0.39, 0.29) is 28.7 Å². The van der Waals surface area contributed by atoms with Gasteiger partial charge < -0.3 is 10.2 Å². The Bertz CT molecular complexity index is 1440. The van der Waals surface area contributed by atoms with Gasteiger partial charge in [-0.15, -0.1) is 0 Å². The molecule has 2 amide bonds. The minimum atomic E-state index is -4.47. The molecular formula is C25H28N4O7S2. The van der Waals surface area contributed by atoms with Crippen LogP contribution in [0.25, 0.3) is 0 Å². The van der Waals surface area contributed by atoms with Crippen LogP contribution < -0.4 is 10.0 Å². The lowest BCUT2D eigenvalue weighted by molar-refractivity contribution is -0.133. The third kappa shape index (κ3) is 6.05. The Kier molecular flexibility index (Phi) is 8.17. The number of nitrogens with one attached hydrogen (secondary N) is 2. The Morgan fingerprint density at radius 2 is 1.76 bits per heavy atom. The van der Waals surface area contributed by atoms with E-state index in [4.69, 9.17) is 4.18 Å². The van der Waals surface area contributed by atoms with Crippen LogP contribution in [0.4, 0.5) is 0 Å². The molecule has 2 saturated heterocycles. The lowest BCUT2D eigenvalue weighted by atomic mass is 9.98. The highest BCUT2D eigenvalue weighted by atomic mass is 32.2. The van der Waals surface area contributed by atoms with Crippen LogP contribution >= 0.6 is 0 Å².